The Morgan fingerprint density at radius 3 is 2.86 bits per heavy atom. The van der Waals surface area contributed by atoms with Crippen molar-refractivity contribution in [1.82, 2.24) is 15.0 Å². The van der Waals surface area contributed by atoms with E-state index in [9.17, 15) is 0 Å². The molecule has 5 heteroatoms. The van der Waals surface area contributed by atoms with Crippen molar-refractivity contribution in [1.29, 1.82) is 5.26 Å². The summed E-state index contributed by atoms with van der Waals surface area (Å²) in [5.74, 6) is 0. The van der Waals surface area contributed by atoms with Crippen LogP contribution in [0.3, 0.4) is 0 Å². The Kier molecular flexibility index (Phi) is 4.87. The molecule has 0 spiro atoms. The molecule has 0 aromatic carbocycles. The number of nitriles is 1. The normalized spacial score (nSPS) is 10.1. The van der Waals surface area contributed by atoms with Gasteiger partial charge in [0, 0.05) is 6.54 Å². The summed E-state index contributed by atoms with van der Waals surface area (Å²) < 4.78 is 2.39. The van der Waals surface area contributed by atoms with E-state index in [1.807, 2.05) is 22.6 Å². The number of hydrogen-bond donors (Lipinski definition) is 0. The zero-order valence-electron chi connectivity index (χ0n) is 8.20. The van der Waals surface area contributed by atoms with E-state index in [0.717, 1.165) is 13.0 Å². The molecule has 0 bridgehead atoms. The van der Waals surface area contributed by atoms with Crippen molar-refractivity contribution in [3.05, 3.63) is 9.39 Å². The Morgan fingerprint density at radius 2 is 2.21 bits per heavy atom. The smallest absolute Gasteiger partial charge is 0.172 e. The topological polar surface area (TPSA) is 54.5 Å². The first-order chi connectivity index (χ1) is 6.79. The molecule has 0 atom stereocenters. The highest BCUT2D eigenvalue weighted by atomic mass is 127. The lowest BCUT2D eigenvalue weighted by atomic mass is 10.2. The molecule has 0 aliphatic rings. The first kappa shape index (κ1) is 11.4. The summed E-state index contributed by atoms with van der Waals surface area (Å²) in [6, 6.07) is 2.12. The van der Waals surface area contributed by atoms with Gasteiger partial charge in [-0.2, -0.15) is 5.26 Å². The van der Waals surface area contributed by atoms with Gasteiger partial charge in [-0.1, -0.05) is 31.4 Å². The minimum Gasteiger partial charge on any atom is -0.234 e. The molecule has 1 aromatic rings. The minimum atomic E-state index is 0.585. The predicted molar refractivity (Wildman–Crippen MR) is 61.6 cm³/mol. The van der Waals surface area contributed by atoms with Gasteiger partial charge in [-0.3, -0.25) is 0 Å². The molecule has 0 saturated carbocycles. The van der Waals surface area contributed by atoms with Crippen molar-refractivity contribution in [2.45, 2.75) is 39.2 Å². The zero-order chi connectivity index (χ0) is 10.4. The fourth-order valence-corrected chi connectivity index (χ4v) is 1.74. The molecule has 0 saturated heterocycles. The Morgan fingerprint density at radius 1 is 1.43 bits per heavy atom. The second-order valence-electron chi connectivity index (χ2n) is 3.12. The maximum atomic E-state index is 8.84. The van der Waals surface area contributed by atoms with Crippen LogP contribution in [0.15, 0.2) is 0 Å². The van der Waals surface area contributed by atoms with Crippen LogP contribution in [0, 0.1) is 15.0 Å². The highest BCUT2D eigenvalue weighted by Gasteiger charge is 2.08. The van der Waals surface area contributed by atoms with E-state index in [2.05, 4.69) is 23.3 Å². The van der Waals surface area contributed by atoms with Gasteiger partial charge in [0.1, 0.15) is 6.07 Å². The van der Waals surface area contributed by atoms with Crippen molar-refractivity contribution in [2.24, 2.45) is 0 Å². The molecule has 0 fully saturated rings. The fourth-order valence-electron chi connectivity index (χ4n) is 1.24. The number of aryl methyl sites for hydroxylation is 1. The van der Waals surface area contributed by atoms with Crippen LogP contribution in [0.5, 0.6) is 0 Å². The van der Waals surface area contributed by atoms with Gasteiger partial charge < -0.3 is 0 Å². The van der Waals surface area contributed by atoms with Crippen LogP contribution in [0.1, 0.15) is 38.3 Å². The molecule has 14 heavy (non-hydrogen) atoms. The highest BCUT2D eigenvalue weighted by Crippen LogP contribution is 2.08. The summed E-state index contributed by atoms with van der Waals surface area (Å²) >= 11 is 2.03. The quantitative estimate of drug-likeness (QED) is 0.620. The molecule has 0 radical (unpaired) electrons. The number of hydrogen-bond acceptors (Lipinski definition) is 3. The Balaban J connectivity index is 2.47. The summed E-state index contributed by atoms with van der Waals surface area (Å²) in [6.45, 7) is 2.98. The molecule has 1 rings (SSSR count). The SMILES string of the molecule is CCCCCCn1nnc(I)c1C#N. The Labute approximate surface area is 97.4 Å². The first-order valence-corrected chi connectivity index (χ1v) is 5.86. The second kappa shape index (κ2) is 5.96. The molecule has 1 heterocycles. The van der Waals surface area contributed by atoms with Crippen LogP contribution >= 0.6 is 22.6 Å². The van der Waals surface area contributed by atoms with Gasteiger partial charge in [-0.05, 0) is 29.0 Å². The largest absolute Gasteiger partial charge is 0.234 e. The molecule has 4 nitrogen and oxygen atoms in total. The summed E-state index contributed by atoms with van der Waals surface area (Å²) in [5.41, 5.74) is 0.585. The average Bonchev–Trinajstić information content (AvgIpc) is 2.54. The van der Waals surface area contributed by atoms with Crippen LogP contribution in [0.25, 0.3) is 0 Å². The molecule has 76 valence electrons. The van der Waals surface area contributed by atoms with Crippen molar-refractivity contribution < 1.29 is 0 Å². The molecule has 0 N–H and O–H groups in total. The van der Waals surface area contributed by atoms with Crippen LogP contribution in [0.2, 0.25) is 0 Å². The standard InChI is InChI=1S/C9H13IN4/c1-2-3-4-5-6-14-8(7-11)9(10)12-13-14/h2-6H2,1H3. The van der Waals surface area contributed by atoms with E-state index in [-0.39, 0.29) is 0 Å². The summed E-state index contributed by atoms with van der Waals surface area (Å²) in [4.78, 5) is 0. The van der Waals surface area contributed by atoms with E-state index in [4.69, 9.17) is 5.26 Å². The van der Waals surface area contributed by atoms with E-state index in [1.54, 1.807) is 4.68 Å². The molecule has 0 unspecified atom stereocenters. The summed E-state index contributed by atoms with van der Waals surface area (Å²) in [6.07, 6.45) is 4.73. The van der Waals surface area contributed by atoms with Gasteiger partial charge >= 0.3 is 0 Å². The van der Waals surface area contributed by atoms with Crippen molar-refractivity contribution >= 4 is 22.6 Å². The molecule has 0 amide bonds. The number of rotatable bonds is 5. The van der Waals surface area contributed by atoms with Gasteiger partial charge in [0.2, 0.25) is 0 Å². The Hall–Kier alpha value is -0.640. The predicted octanol–water partition coefficient (Wildman–Crippen LogP) is 2.33. The third kappa shape index (κ3) is 2.94. The van der Waals surface area contributed by atoms with E-state index in [0.29, 0.717) is 9.39 Å². The lowest BCUT2D eigenvalue weighted by Gasteiger charge is -2.00. The molecular weight excluding hydrogens is 291 g/mol. The maximum Gasteiger partial charge on any atom is 0.172 e. The maximum absolute atomic E-state index is 8.84. The first-order valence-electron chi connectivity index (χ1n) is 4.78. The van der Waals surface area contributed by atoms with Crippen LogP contribution in [-0.4, -0.2) is 15.0 Å². The van der Waals surface area contributed by atoms with Crippen molar-refractivity contribution in [3.8, 4) is 6.07 Å². The summed E-state index contributed by atoms with van der Waals surface area (Å²) in [7, 11) is 0. The van der Waals surface area contributed by atoms with Gasteiger partial charge in [-0.15, -0.1) is 5.10 Å². The molecule has 0 aliphatic heterocycles. The lowest BCUT2D eigenvalue weighted by molar-refractivity contribution is 0.524. The second-order valence-corrected chi connectivity index (χ2v) is 4.15. The average molecular weight is 304 g/mol. The monoisotopic (exact) mass is 304 g/mol. The third-order valence-corrected chi connectivity index (χ3v) is 2.75. The molecular formula is C9H13IN4. The fraction of sp³-hybridized carbons (Fsp3) is 0.667. The van der Waals surface area contributed by atoms with Gasteiger partial charge in [0.05, 0.1) is 0 Å². The number of unbranched alkanes of at least 4 members (excludes halogenated alkanes) is 3. The van der Waals surface area contributed by atoms with E-state index >= 15 is 0 Å². The van der Waals surface area contributed by atoms with Crippen LogP contribution < -0.4 is 0 Å². The third-order valence-electron chi connectivity index (χ3n) is 2.02. The van der Waals surface area contributed by atoms with Gasteiger partial charge in [0.25, 0.3) is 0 Å². The minimum absolute atomic E-state index is 0.585. The number of halogens is 1. The Bertz CT molecular complexity index is 326. The zero-order valence-corrected chi connectivity index (χ0v) is 10.4. The number of nitrogens with zero attached hydrogens (tertiary/aromatic N) is 4. The molecule has 1 aromatic heterocycles. The van der Waals surface area contributed by atoms with Crippen molar-refractivity contribution in [3.63, 3.8) is 0 Å². The summed E-state index contributed by atoms with van der Waals surface area (Å²) in [5, 5.41) is 16.6. The van der Waals surface area contributed by atoms with Crippen molar-refractivity contribution in [2.75, 3.05) is 0 Å². The van der Waals surface area contributed by atoms with Crippen LogP contribution in [-0.2, 0) is 6.54 Å². The molecule has 0 aliphatic carbocycles. The lowest BCUT2D eigenvalue weighted by Crippen LogP contribution is -2.03. The van der Waals surface area contributed by atoms with Gasteiger partial charge in [0.15, 0.2) is 9.39 Å². The highest BCUT2D eigenvalue weighted by molar-refractivity contribution is 14.1. The van der Waals surface area contributed by atoms with E-state index in [1.165, 1.54) is 19.3 Å². The van der Waals surface area contributed by atoms with Crippen LogP contribution in [0.4, 0.5) is 0 Å². The number of aromatic nitrogens is 3. The van der Waals surface area contributed by atoms with Gasteiger partial charge in [-0.25, -0.2) is 4.68 Å². The van der Waals surface area contributed by atoms with E-state index < -0.39 is 0 Å².